The van der Waals surface area contributed by atoms with Gasteiger partial charge in [0.15, 0.2) is 6.61 Å². The Hall–Kier alpha value is -1.26. The molecule has 1 aromatic carbocycles. The van der Waals surface area contributed by atoms with Crippen LogP contribution in [0.15, 0.2) is 18.2 Å². The minimum Gasteiger partial charge on any atom is -0.483 e. The summed E-state index contributed by atoms with van der Waals surface area (Å²) in [4.78, 5) is 11.7. The molecule has 0 aliphatic heterocycles. The zero-order valence-corrected chi connectivity index (χ0v) is 12.4. The second kappa shape index (κ2) is 6.26. The van der Waals surface area contributed by atoms with Crippen LogP contribution < -0.4 is 10.1 Å². The van der Waals surface area contributed by atoms with Gasteiger partial charge in [-0.15, -0.1) is 0 Å². The first-order chi connectivity index (χ1) is 8.69. The molecular weight excluding hydrogens is 266 g/mol. The first kappa shape index (κ1) is 15.8. The molecule has 0 saturated heterocycles. The molecule has 4 nitrogen and oxygen atoms in total. The number of carbonyl (C=O) groups excluding carboxylic acids is 1. The van der Waals surface area contributed by atoms with Crippen LogP contribution in [0.1, 0.15) is 39.4 Å². The highest BCUT2D eigenvalue weighted by molar-refractivity contribution is 6.30. The lowest BCUT2D eigenvalue weighted by molar-refractivity contribution is -0.124. The topological polar surface area (TPSA) is 58.6 Å². The average molecular weight is 286 g/mol. The number of carbonyl (C=O) groups is 1. The zero-order valence-electron chi connectivity index (χ0n) is 11.7. The summed E-state index contributed by atoms with van der Waals surface area (Å²) in [5.74, 6) is 0.252. The van der Waals surface area contributed by atoms with Gasteiger partial charge in [-0.3, -0.25) is 4.79 Å². The maximum atomic E-state index is 11.7. The van der Waals surface area contributed by atoms with Gasteiger partial charge in [0.05, 0.1) is 6.10 Å². The molecule has 0 fully saturated rings. The molecular formula is C14H20ClNO3. The van der Waals surface area contributed by atoms with E-state index in [1.165, 1.54) is 0 Å². The Morgan fingerprint density at radius 1 is 1.47 bits per heavy atom. The van der Waals surface area contributed by atoms with Crippen molar-refractivity contribution in [2.45, 2.75) is 39.3 Å². The molecule has 1 amide bonds. The van der Waals surface area contributed by atoms with Crippen molar-refractivity contribution in [2.75, 3.05) is 6.61 Å². The van der Waals surface area contributed by atoms with Crippen molar-refractivity contribution in [3.63, 3.8) is 0 Å². The molecule has 19 heavy (non-hydrogen) atoms. The van der Waals surface area contributed by atoms with Crippen LogP contribution >= 0.6 is 11.6 Å². The lowest BCUT2D eigenvalue weighted by Crippen LogP contribution is -2.43. The highest BCUT2D eigenvalue weighted by atomic mass is 35.5. The van der Waals surface area contributed by atoms with Crippen molar-refractivity contribution in [1.29, 1.82) is 0 Å². The fourth-order valence-corrected chi connectivity index (χ4v) is 1.76. The first-order valence-electron chi connectivity index (χ1n) is 6.10. The molecule has 0 heterocycles. The van der Waals surface area contributed by atoms with E-state index in [0.29, 0.717) is 16.3 Å². The lowest BCUT2D eigenvalue weighted by atomic mass is 10.1. The molecule has 0 radical (unpaired) electrons. The Bertz CT molecular complexity index is 452. The average Bonchev–Trinajstić information content (AvgIpc) is 2.24. The molecule has 1 rings (SSSR count). The Kier molecular flexibility index (Phi) is 5.20. The Morgan fingerprint density at radius 3 is 2.63 bits per heavy atom. The van der Waals surface area contributed by atoms with Crippen LogP contribution in [0.3, 0.4) is 0 Å². The summed E-state index contributed by atoms with van der Waals surface area (Å²) in [6.45, 7) is 7.21. The van der Waals surface area contributed by atoms with Gasteiger partial charge in [-0.05, 0) is 45.9 Å². The summed E-state index contributed by atoms with van der Waals surface area (Å²) in [5.41, 5.74) is 0.268. The van der Waals surface area contributed by atoms with Crippen molar-refractivity contribution in [3.05, 3.63) is 28.8 Å². The third kappa shape index (κ3) is 5.49. The Balaban J connectivity index is 2.70. The molecule has 0 aliphatic rings. The van der Waals surface area contributed by atoms with Crippen LogP contribution in [0.2, 0.25) is 5.02 Å². The molecule has 106 valence electrons. The third-order valence-corrected chi connectivity index (χ3v) is 2.53. The van der Waals surface area contributed by atoms with Gasteiger partial charge in [0.1, 0.15) is 5.75 Å². The number of hydrogen-bond acceptors (Lipinski definition) is 3. The van der Waals surface area contributed by atoms with Crippen LogP contribution in [0.25, 0.3) is 0 Å². The van der Waals surface area contributed by atoms with Gasteiger partial charge in [0, 0.05) is 16.1 Å². The quantitative estimate of drug-likeness (QED) is 0.894. The minimum absolute atomic E-state index is 0.0986. The first-order valence-corrected chi connectivity index (χ1v) is 6.48. The van der Waals surface area contributed by atoms with E-state index in [9.17, 15) is 9.90 Å². The standard InChI is InChI=1S/C14H20ClNO3/c1-9(17)11-7-10(15)5-6-12(11)19-8-13(18)16-14(2,3)4/h5-7,9,17H,8H2,1-4H3,(H,16,18)/t9-/m0/s1. The normalized spacial score (nSPS) is 12.9. The van der Waals surface area contributed by atoms with E-state index >= 15 is 0 Å². The molecule has 5 heteroatoms. The highest BCUT2D eigenvalue weighted by Gasteiger charge is 2.15. The van der Waals surface area contributed by atoms with Gasteiger partial charge in [-0.2, -0.15) is 0 Å². The number of aliphatic hydroxyl groups is 1. The summed E-state index contributed by atoms with van der Waals surface area (Å²) >= 11 is 5.86. The number of aliphatic hydroxyl groups excluding tert-OH is 1. The van der Waals surface area contributed by atoms with E-state index in [-0.39, 0.29) is 18.1 Å². The van der Waals surface area contributed by atoms with Crippen LogP contribution in [-0.2, 0) is 4.79 Å². The number of ether oxygens (including phenoxy) is 1. The number of amides is 1. The van der Waals surface area contributed by atoms with Gasteiger partial charge < -0.3 is 15.2 Å². The number of nitrogens with one attached hydrogen (secondary N) is 1. The van der Waals surface area contributed by atoms with Crippen LogP contribution in [-0.4, -0.2) is 23.2 Å². The lowest BCUT2D eigenvalue weighted by Gasteiger charge is -2.21. The van der Waals surface area contributed by atoms with E-state index in [2.05, 4.69) is 5.32 Å². The van der Waals surface area contributed by atoms with E-state index in [1.807, 2.05) is 20.8 Å². The maximum Gasteiger partial charge on any atom is 0.258 e. The molecule has 2 N–H and O–H groups in total. The molecule has 1 atom stereocenters. The van der Waals surface area contributed by atoms with Crippen molar-refractivity contribution in [3.8, 4) is 5.75 Å². The SMILES string of the molecule is C[C@H](O)c1cc(Cl)ccc1OCC(=O)NC(C)(C)C. The Morgan fingerprint density at radius 2 is 2.11 bits per heavy atom. The Labute approximate surface area is 118 Å². The van der Waals surface area contributed by atoms with Gasteiger partial charge in [-0.25, -0.2) is 0 Å². The summed E-state index contributed by atoms with van der Waals surface area (Å²) < 4.78 is 5.43. The van der Waals surface area contributed by atoms with Gasteiger partial charge in [0.2, 0.25) is 0 Å². The molecule has 0 spiro atoms. The number of hydrogen-bond donors (Lipinski definition) is 2. The van der Waals surface area contributed by atoms with E-state index in [0.717, 1.165) is 0 Å². The molecule has 0 unspecified atom stereocenters. The molecule has 0 bridgehead atoms. The van der Waals surface area contributed by atoms with E-state index < -0.39 is 6.10 Å². The summed E-state index contributed by atoms with van der Waals surface area (Å²) in [7, 11) is 0. The van der Waals surface area contributed by atoms with Gasteiger partial charge in [0.25, 0.3) is 5.91 Å². The predicted molar refractivity (Wildman–Crippen MR) is 75.5 cm³/mol. The summed E-state index contributed by atoms with van der Waals surface area (Å²) in [6.07, 6.45) is -0.709. The van der Waals surface area contributed by atoms with Crippen LogP contribution in [0, 0.1) is 0 Å². The second-order valence-corrected chi connectivity index (χ2v) is 5.88. The number of benzene rings is 1. The fraction of sp³-hybridized carbons (Fsp3) is 0.500. The monoisotopic (exact) mass is 285 g/mol. The van der Waals surface area contributed by atoms with Gasteiger partial charge in [-0.1, -0.05) is 11.6 Å². The summed E-state index contributed by atoms with van der Waals surface area (Å²) in [5, 5.41) is 13.0. The van der Waals surface area contributed by atoms with Crippen molar-refractivity contribution >= 4 is 17.5 Å². The second-order valence-electron chi connectivity index (χ2n) is 5.44. The van der Waals surface area contributed by atoms with Crippen molar-refractivity contribution in [1.82, 2.24) is 5.32 Å². The molecule has 0 aliphatic carbocycles. The minimum atomic E-state index is -0.709. The van der Waals surface area contributed by atoms with Crippen molar-refractivity contribution < 1.29 is 14.6 Å². The molecule has 1 aromatic rings. The van der Waals surface area contributed by atoms with Crippen LogP contribution in [0.4, 0.5) is 0 Å². The van der Waals surface area contributed by atoms with E-state index in [1.54, 1.807) is 25.1 Å². The van der Waals surface area contributed by atoms with Gasteiger partial charge >= 0.3 is 0 Å². The molecule has 0 aromatic heterocycles. The number of rotatable bonds is 4. The molecule has 0 saturated carbocycles. The van der Waals surface area contributed by atoms with Crippen LogP contribution in [0.5, 0.6) is 5.75 Å². The zero-order chi connectivity index (χ0) is 14.6. The highest BCUT2D eigenvalue weighted by Crippen LogP contribution is 2.28. The largest absolute Gasteiger partial charge is 0.483 e. The maximum absolute atomic E-state index is 11.7. The fourth-order valence-electron chi connectivity index (χ4n) is 1.57. The predicted octanol–water partition coefficient (Wildman–Crippen LogP) is 2.69. The smallest absolute Gasteiger partial charge is 0.258 e. The van der Waals surface area contributed by atoms with E-state index in [4.69, 9.17) is 16.3 Å². The third-order valence-electron chi connectivity index (χ3n) is 2.30. The van der Waals surface area contributed by atoms with Crippen molar-refractivity contribution in [2.24, 2.45) is 0 Å². The number of halogens is 1. The summed E-state index contributed by atoms with van der Waals surface area (Å²) in [6, 6.07) is 4.93.